The molecule has 0 radical (unpaired) electrons. The van der Waals surface area contributed by atoms with E-state index in [0.29, 0.717) is 11.2 Å². The van der Waals surface area contributed by atoms with Gasteiger partial charge in [-0.3, -0.25) is 0 Å². The predicted octanol–water partition coefficient (Wildman–Crippen LogP) is 2.61. The van der Waals surface area contributed by atoms with Crippen molar-refractivity contribution >= 4 is 11.8 Å². The van der Waals surface area contributed by atoms with Crippen LogP contribution in [0.1, 0.15) is 19.3 Å². The number of nitrogens with two attached hydrogens (primary N) is 1. The van der Waals surface area contributed by atoms with E-state index in [2.05, 4.69) is 0 Å². The Kier molecular flexibility index (Phi) is 3.22. The number of aromatic hydroxyl groups is 1. The second kappa shape index (κ2) is 4.45. The molecule has 0 amide bonds. The fraction of sp³-hybridized carbons (Fsp3) is 0.500. The summed E-state index contributed by atoms with van der Waals surface area (Å²) in [4.78, 5) is 0.977. The molecule has 1 aliphatic rings. The highest BCUT2D eigenvalue weighted by molar-refractivity contribution is 7.99. The van der Waals surface area contributed by atoms with Crippen molar-refractivity contribution in [2.24, 2.45) is 11.1 Å². The molecule has 1 saturated carbocycles. The molecular weight excluding hydrogens is 206 g/mol. The lowest BCUT2D eigenvalue weighted by molar-refractivity contribution is 0.462. The van der Waals surface area contributed by atoms with Gasteiger partial charge in [0.15, 0.2) is 0 Å². The van der Waals surface area contributed by atoms with Gasteiger partial charge in [0.2, 0.25) is 0 Å². The maximum absolute atomic E-state index is 9.57. The van der Waals surface area contributed by atoms with Crippen LogP contribution in [0.3, 0.4) is 0 Å². The van der Waals surface area contributed by atoms with E-state index in [1.54, 1.807) is 17.8 Å². The van der Waals surface area contributed by atoms with Gasteiger partial charge in [0.1, 0.15) is 5.75 Å². The number of hydrogen-bond acceptors (Lipinski definition) is 3. The lowest BCUT2D eigenvalue weighted by Gasteiger charge is -2.11. The number of hydrogen-bond donors (Lipinski definition) is 2. The van der Waals surface area contributed by atoms with E-state index < -0.39 is 0 Å². The second-order valence-electron chi connectivity index (χ2n) is 4.27. The first-order valence-electron chi connectivity index (χ1n) is 5.37. The van der Waals surface area contributed by atoms with E-state index in [4.69, 9.17) is 5.73 Å². The number of phenols is 1. The van der Waals surface area contributed by atoms with Gasteiger partial charge in [-0.15, -0.1) is 11.8 Å². The standard InChI is InChI=1S/C12H17NOS/c13-9-12(5-6-12)7-8-15-11-4-2-1-3-10(11)14/h1-4,14H,5-9,13H2. The summed E-state index contributed by atoms with van der Waals surface area (Å²) in [6, 6.07) is 7.50. The Hall–Kier alpha value is -0.670. The molecule has 3 heteroatoms. The van der Waals surface area contributed by atoms with Crippen LogP contribution in [0.4, 0.5) is 0 Å². The van der Waals surface area contributed by atoms with Crippen LogP contribution in [0.5, 0.6) is 5.75 Å². The van der Waals surface area contributed by atoms with Crippen molar-refractivity contribution in [3.63, 3.8) is 0 Å². The minimum absolute atomic E-state index is 0.389. The third kappa shape index (κ3) is 2.67. The third-order valence-electron chi connectivity index (χ3n) is 3.15. The first-order valence-corrected chi connectivity index (χ1v) is 6.35. The molecule has 15 heavy (non-hydrogen) atoms. The van der Waals surface area contributed by atoms with Gasteiger partial charge in [-0.25, -0.2) is 0 Å². The van der Waals surface area contributed by atoms with Gasteiger partial charge in [0.05, 0.1) is 0 Å². The normalized spacial score (nSPS) is 17.7. The Labute approximate surface area is 94.9 Å². The Balaban J connectivity index is 1.81. The highest BCUT2D eigenvalue weighted by Gasteiger charge is 2.40. The molecule has 0 aliphatic heterocycles. The highest BCUT2D eigenvalue weighted by atomic mass is 32.2. The average Bonchev–Trinajstić information content (AvgIpc) is 3.02. The molecular formula is C12H17NOS. The van der Waals surface area contributed by atoms with Crippen LogP contribution in [0, 0.1) is 5.41 Å². The monoisotopic (exact) mass is 223 g/mol. The average molecular weight is 223 g/mol. The minimum Gasteiger partial charge on any atom is -0.507 e. The summed E-state index contributed by atoms with van der Waals surface area (Å²) in [7, 11) is 0. The number of benzene rings is 1. The zero-order chi connectivity index (χ0) is 10.7. The first kappa shape index (κ1) is 10.8. The van der Waals surface area contributed by atoms with Gasteiger partial charge >= 0.3 is 0 Å². The van der Waals surface area contributed by atoms with E-state index >= 15 is 0 Å². The van der Waals surface area contributed by atoms with Gasteiger partial charge in [0, 0.05) is 4.90 Å². The van der Waals surface area contributed by atoms with E-state index in [0.717, 1.165) is 17.2 Å². The van der Waals surface area contributed by atoms with E-state index in [1.807, 2.05) is 18.2 Å². The zero-order valence-electron chi connectivity index (χ0n) is 8.78. The molecule has 1 fully saturated rings. The summed E-state index contributed by atoms with van der Waals surface area (Å²) < 4.78 is 0. The molecule has 1 aliphatic carbocycles. The maximum atomic E-state index is 9.57. The molecule has 3 N–H and O–H groups in total. The number of para-hydroxylation sites is 1. The molecule has 0 unspecified atom stereocenters. The van der Waals surface area contributed by atoms with Crippen molar-refractivity contribution in [3.05, 3.63) is 24.3 Å². The molecule has 2 nitrogen and oxygen atoms in total. The summed E-state index contributed by atoms with van der Waals surface area (Å²) in [5.41, 5.74) is 6.16. The lowest BCUT2D eigenvalue weighted by Crippen LogP contribution is -2.15. The van der Waals surface area contributed by atoms with Crippen molar-refractivity contribution in [2.75, 3.05) is 12.3 Å². The van der Waals surface area contributed by atoms with Gasteiger partial charge in [-0.1, -0.05) is 12.1 Å². The number of rotatable bonds is 5. The van der Waals surface area contributed by atoms with Crippen LogP contribution in [-0.2, 0) is 0 Å². The summed E-state index contributed by atoms with van der Waals surface area (Å²) in [5, 5.41) is 9.57. The molecule has 0 aromatic heterocycles. The number of phenolic OH excluding ortho intramolecular Hbond substituents is 1. The van der Waals surface area contributed by atoms with Gasteiger partial charge in [0.25, 0.3) is 0 Å². The zero-order valence-corrected chi connectivity index (χ0v) is 9.59. The summed E-state index contributed by atoms with van der Waals surface area (Å²) in [5.74, 6) is 1.44. The van der Waals surface area contributed by atoms with Crippen molar-refractivity contribution in [1.29, 1.82) is 0 Å². The largest absolute Gasteiger partial charge is 0.507 e. The lowest BCUT2D eigenvalue weighted by atomic mass is 10.1. The van der Waals surface area contributed by atoms with Crippen molar-refractivity contribution < 1.29 is 5.11 Å². The minimum atomic E-state index is 0.389. The SMILES string of the molecule is NCC1(CCSc2ccccc2O)CC1. The molecule has 0 spiro atoms. The van der Waals surface area contributed by atoms with Crippen LogP contribution >= 0.6 is 11.8 Å². The quantitative estimate of drug-likeness (QED) is 0.754. The van der Waals surface area contributed by atoms with Crippen LogP contribution in [0.15, 0.2) is 29.2 Å². The Bertz CT molecular complexity index is 336. The molecule has 0 atom stereocenters. The molecule has 0 saturated heterocycles. The van der Waals surface area contributed by atoms with Gasteiger partial charge < -0.3 is 10.8 Å². The molecule has 82 valence electrons. The maximum Gasteiger partial charge on any atom is 0.129 e. The van der Waals surface area contributed by atoms with Gasteiger partial charge in [-0.2, -0.15) is 0 Å². The van der Waals surface area contributed by atoms with Gasteiger partial charge in [-0.05, 0) is 49.1 Å². The fourth-order valence-corrected chi connectivity index (χ4v) is 2.84. The van der Waals surface area contributed by atoms with Crippen molar-refractivity contribution in [3.8, 4) is 5.75 Å². The summed E-state index contributed by atoms with van der Waals surface area (Å²) in [6.45, 7) is 0.814. The Morgan fingerprint density at radius 1 is 1.33 bits per heavy atom. The summed E-state index contributed by atoms with van der Waals surface area (Å²) in [6.07, 6.45) is 3.73. The third-order valence-corrected chi connectivity index (χ3v) is 4.21. The topological polar surface area (TPSA) is 46.2 Å². The Morgan fingerprint density at radius 2 is 2.07 bits per heavy atom. The Morgan fingerprint density at radius 3 is 2.67 bits per heavy atom. The molecule has 1 aromatic rings. The number of thioether (sulfide) groups is 1. The highest BCUT2D eigenvalue weighted by Crippen LogP contribution is 2.48. The van der Waals surface area contributed by atoms with Crippen molar-refractivity contribution in [2.45, 2.75) is 24.2 Å². The molecule has 1 aromatic carbocycles. The van der Waals surface area contributed by atoms with E-state index in [-0.39, 0.29) is 0 Å². The predicted molar refractivity (Wildman–Crippen MR) is 64.2 cm³/mol. The molecule has 0 bridgehead atoms. The molecule has 2 rings (SSSR count). The fourth-order valence-electron chi connectivity index (χ4n) is 1.69. The first-order chi connectivity index (χ1) is 7.26. The summed E-state index contributed by atoms with van der Waals surface area (Å²) >= 11 is 1.72. The van der Waals surface area contributed by atoms with Crippen LogP contribution in [0.2, 0.25) is 0 Å². The van der Waals surface area contributed by atoms with Crippen LogP contribution < -0.4 is 5.73 Å². The van der Waals surface area contributed by atoms with Crippen LogP contribution in [-0.4, -0.2) is 17.4 Å². The second-order valence-corrected chi connectivity index (χ2v) is 5.41. The smallest absolute Gasteiger partial charge is 0.129 e. The molecule has 0 heterocycles. The van der Waals surface area contributed by atoms with Crippen LogP contribution in [0.25, 0.3) is 0 Å². The van der Waals surface area contributed by atoms with E-state index in [9.17, 15) is 5.11 Å². The van der Waals surface area contributed by atoms with Crippen molar-refractivity contribution in [1.82, 2.24) is 0 Å². The van der Waals surface area contributed by atoms with E-state index in [1.165, 1.54) is 19.3 Å².